The third-order valence-corrected chi connectivity index (χ3v) is 2.97. The molecule has 19 heavy (non-hydrogen) atoms. The van der Waals surface area contributed by atoms with Gasteiger partial charge in [-0.3, -0.25) is 9.59 Å². The molecule has 0 radical (unpaired) electrons. The van der Waals surface area contributed by atoms with E-state index in [2.05, 4.69) is 0 Å². The minimum atomic E-state index is -0.839. The highest BCUT2D eigenvalue weighted by Crippen LogP contribution is 2.16. The van der Waals surface area contributed by atoms with Gasteiger partial charge in [0.1, 0.15) is 5.76 Å². The van der Waals surface area contributed by atoms with Crippen molar-refractivity contribution in [2.75, 3.05) is 6.54 Å². The van der Waals surface area contributed by atoms with Crippen molar-refractivity contribution in [2.24, 2.45) is 0 Å². The van der Waals surface area contributed by atoms with Gasteiger partial charge >= 0.3 is 5.97 Å². The quantitative estimate of drug-likeness (QED) is 0.824. The summed E-state index contributed by atoms with van der Waals surface area (Å²) in [5.74, 6) is -0.256. The van der Waals surface area contributed by atoms with E-state index < -0.39 is 5.97 Å². The Morgan fingerprint density at radius 3 is 2.63 bits per heavy atom. The largest absolute Gasteiger partial charge is 0.481 e. The molecular formula is C14H21NO4. The molecule has 0 aliphatic rings. The molecule has 0 aliphatic heterocycles. The number of carboxylic acid groups (broad SMARTS) is 1. The number of furan rings is 1. The van der Waals surface area contributed by atoms with Crippen LogP contribution in [0.1, 0.15) is 49.7 Å². The lowest BCUT2D eigenvalue weighted by molar-refractivity contribution is -0.137. The molecule has 0 bridgehead atoms. The average Bonchev–Trinajstić information content (AvgIpc) is 2.81. The molecule has 0 saturated heterocycles. The third kappa shape index (κ3) is 4.12. The number of carboxylic acids is 1. The monoisotopic (exact) mass is 267 g/mol. The average molecular weight is 267 g/mol. The van der Waals surface area contributed by atoms with E-state index in [9.17, 15) is 9.59 Å². The molecule has 1 N–H and O–H groups in total. The highest BCUT2D eigenvalue weighted by molar-refractivity contribution is 5.95. The molecule has 106 valence electrons. The van der Waals surface area contributed by atoms with Gasteiger partial charge in [0.05, 0.1) is 11.8 Å². The Bertz CT molecular complexity index is 436. The Labute approximate surface area is 113 Å². The normalized spacial score (nSPS) is 10.7. The lowest BCUT2D eigenvalue weighted by Gasteiger charge is -2.26. The molecule has 0 unspecified atom stereocenters. The van der Waals surface area contributed by atoms with Crippen molar-refractivity contribution in [3.63, 3.8) is 0 Å². The van der Waals surface area contributed by atoms with E-state index >= 15 is 0 Å². The van der Waals surface area contributed by atoms with Crippen LogP contribution < -0.4 is 0 Å². The summed E-state index contributed by atoms with van der Waals surface area (Å²) in [6.07, 6.45) is 2.71. The number of aliphatic carboxylic acids is 1. The molecule has 0 saturated carbocycles. The van der Waals surface area contributed by atoms with Crippen molar-refractivity contribution < 1.29 is 19.1 Å². The molecule has 0 fully saturated rings. The summed E-state index contributed by atoms with van der Waals surface area (Å²) in [5, 5.41) is 8.65. The van der Waals surface area contributed by atoms with E-state index in [0.717, 1.165) is 0 Å². The number of carbonyl (C=O) groups is 2. The lowest BCUT2D eigenvalue weighted by atomic mass is 10.1. The predicted molar refractivity (Wildman–Crippen MR) is 71.1 cm³/mol. The van der Waals surface area contributed by atoms with Gasteiger partial charge in [-0.15, -0.1) is 0 Å². The van der Waals surface area contributed by atoms with Gasteiger partial charge in [0, 0.05) is 25.4 Å². The van der Waals surface area contributed by atoms with Gasteiger partial charge in [-0.1, -0.05) is 6.92 Å². The second kappa shape index (κ2) is 6.97. The molecule has 0 atom stereocenters. The summed E-state index contributed by atoms with van der Waals surface area (Å²) in [4.78, 5) is 24.6. The zero-order chi connectivity index (χ0) is 14.4. The van der Waals surface area contributed by atoms with Gasteiger partial charge in [-0.05, 0) is 26.3 Å². The van der Waals surface area contributed by atoms with Crippen LogP contribution in [0.3, 0.4) is 0 Å². The van der Waals surface area contributed by atoms with Crippen molar-refractivity contribution in [2.45, 2.75) is 46.1 Å². The molecule has 1 aromatic heterocycles. The van der Waals surface area contributed by atoms with Crippen molar-refractivity contribution in [3.8, 4) is 0 Å². The summed E-state index contributed by atoms with van der Waals surface area (Å²) in [6, 6.07) is 1.70. The Kier molecular flexibility index (Phi) is 5.60. The van der Waals surface area contributed by atoms with Crippen molar-refractivity contribution >= 4 is 11.9 Å². The minimum absolute atomic E-state index is 0.0286. The topological polar surface area (TPSA) is 70.8 Å². The molecule has 1 rings (SSSR count). The third-order valence-electron chi connectivity index (χ3n) is 2.97. The van der Waals surface area contributed by atoms with Gasteiger partial charge in [0.25, 0.3) is 5.91 Å². The summed E-state index contributed by atoms with van der Waals surface area (Å²) in [7, 11) is 0. The highest BCUT2D eigenvalue weighted by Gasteiger charge is 2.22. The molecule has 5 heteroatoms. The maximum absolute atomic E-state index is 12.4. The first kappa shape index (κ1) is 15.3. The highest BCUT2D eigenvalue weighted by atomic mass is 16.4. The fraction of sp³-hybridized carbons (Fsp3) is 0.571. The zero-order valence-corrected chi connectivity index (χ0v) is 11.7. The van der Waals surface area contributed by atoms with Crippen molar-refractivity contribution in [3.05, 3.63) is 23.7 Å². The maximum Gasteiger partial charge on any atom is 0.303 e. The second-order valence-electron chi connectivity index (χ2n) is 4.70. The Morgan fingerprint density at radius 2 is 2.11 bits per heavy atom. The van der Waals surface area contributed by atoms with Crippen LogP contribution in [-0.2, 0) is 11.2 Å². The first-order chi connectivity index (χ1) is 8.97. The van der Waals surface area contributed by atoms with Gasteiger partial charge in [0.2, 0.25) is 0 Å². The van der Waals surface area contributed by atoms with E-state index in [1.54, 1.807) is 11.0 Å². The van der Waals surface area contributed by atoms with Crippen LogP contribution in [-0.4, -0.2) is 34.5 Å². The van der Waals surface area contributed by atoms with Gasteiger partial charge in [0.15, 0.2) is 0 Å². The smallest absolute Gasteiger partial charge is 0.303 e. The van der Waals surface area contributed by atoms with Crippen LogP contribution in [0.4, 0.5) is 0 Å². The number of hydrogen-bond acceptors (Lipinski definition) is 3. The Morgan fingerprint density at radius 1 is 1.42 bits per heavy atom. The minimum Gasteiger partial charge on any atom is -0.481 e. The fourth-order valence-corrected chi connectivity index (χ4v) is 1.95. The van der Waals surface area contributed by atoms with E-state index in [1.807, 2.05) is 20.8 Å². The Balaban J connectivity index is 2.76. The summed E-state index contributed by atoms with van der Waals surface area (Å²) in [6.45, 7) is 6.21. The number of aryl methyl sites for hydroxylation is 1. The molecule has 1 aromatic rings. The number of rotatable bonds is 7. The van der Waals surface area contributed by atoms with Crippen LogP contribution in [0, 0.1) is 0 Å². The standard InChI is InChI=1S/C14H21NO4/c1-4-12-11(7-9-19-12)14(18)15(10(2)3)8-5-6-13(16)17/h7,9-10H,4-6,8H2,1-3H3,(H,16,17). The van der Waals surface area contributed by atoms with Gasteiger partial charge < -0.3 is 14.4 Å². The molecule has 0 aliphatic carbocycles. The number of nitrogens with zero attached hydrogens (tertiary/aromatic N) is 1. The Hall–Kier alpha value is -1.78. The van der Waals surface area contributed by atoms with E-state index in [1.165, 1.54) is 6.26 Å². The fourth-order valence-electron chi connectivity index (χ4n) is 1.95. The van der Waals surface area contributed by atoms with Crippen LogP contribution in [0.2, 0.25) is 0 Å². The number of amides is 1. The van der Waals surface area contributed by atoms with Crippen LogP contribution in [0.25, 0.3) is 0 Å². The molecule has 1 heterocycles. The molecule has 0 aromatic carbocycles. The van der Waals surface area contributed by atoms with E-state index in [0.29, 0.717) is 30.7 Å². The number of carbonyl (C=O) groups excluding carboxylic acids is 1. The summed E-state index contributed by atoms with van der Waals surface area (Å²) >= 11 is 0. The van der Waals surface area contributed by atoms with E-state index in [4.69, 9.17) is 9.52 Å². The lowest BCUT2D eigenvalue weighted by Crippen LogP contribution is -2.38. The zero-order valence-electron chi connectivity index (χ0n) is 11.7. The second-order valence-corrected chi connectivity index (χ2v) is 4.70. The van der Waals surface area contributed by atoms with Crippen molar-refractivity contribution in [1.82, 2.24) is 4.90 Å². The van der Waals surface area contributed by atoms with Gasteiger partial charge in [-0.2, -0.15) is 0 Å². The molecule has 0 spiro atoms. The van der Waals surface area contributed by atoms with Crippen molar-refractivity contribution in [1.29, 1.82) is 0 Å². The summed E-state index contributed by atoms with van der Waals surface area (Å²) < 4.78 is 5.27. The SMILES string of the molecule is CCc1occc1C(=O)N(CCCC(=O)O)C(C)C. The molecular weight excluding hydrogens is 246 g/mol. The summed E-state index contributed by atoms with van der Waals surface area (Å²) in [5.41, 5.74) is 0.575. The first-order valence-electron chi connectivity index (χ1n) is 6.56. The van der Waals surface area contributed by atoms with Crippen LogP contribution in [0.5, 0.6) is 0 Å². The van der Waals surface area contributed by atoms with E-state index in [-0.39, 0.29) is 18.4 Å². The predicted octanol–water partition coefficient (Wildman–Crippen LogP) is 2.56. The molecule has 5 nitrogen and oxygen atoms in total. The van der Waals surface area contributed by atoms with Gasteiger partial charge in [-0.25, -0.2) is 0 Å². The van der Waals surface area contributed by atoms with Crippen LogP contribution >= 0.6 is 0 Å². The number of hydrogen-bond donors (Lipinski definition) is 1. The molecule has 1 amide bonds. The first-order valence-corrected chi connectivity index (χ1v) is 6.56. The maximum atomic E-state index is 12.4. The van der Waals surface area contributed by atoms with Crippen LogP contribution in [0.15, 0.2) is 16.7 Å².